The predicted molar refractivity (Wildman–Crippen MR) is 86.1 cm³/mol. The molecule has 0 amide bonds. The lowest BCUT2D eigenvalue weighted by atomic mass is 9.66. The van der Waals surface area contributed by atoms with Crippen molar-refractivity contribution >= 4 is 0 Å². The van der Waals surface area contributed by atoms with E-state index >= 15 is 0 Å². The quantitative estimate of drug-likeness (QED) is 0.840. The third-order valence-corrected chi connectivity index (χ3v) is 4.93. The molecule has 2 aromatic carbocycles. The van der Waals surface area contributed by atoms with Gasteiger partial charge in [-0.3, -0.25) is 0 Å². The SMILES string of the molecule is C[N+]1(C)CCC(c2ccccc2)(c2ccccc2)[C@H](O)C1. The van der Waals surface area contributed by atoms with Gasteiger partial charge >= 0.3 is 0 Å². The van der Waals surface area contributed by atoms with Crippen LogP contribution in [-0.2, 0) is 5.41 Å². The summed E-state index contributed by atoms with van der Waals surface area (Å²) >= 11 is 0. The van der Waals surface area contributed by atoms with Crippen LogP contribution in [0.2, 0.25) is 0 Å². The van der Waals surface area contributed by atoms with Gasteiger partial charge in [0.1, 0.15) is 12.6 Å². The fourth-order valence-electron chi connectivity index (χ4n) is 3.67. The first-order valence-electron chi connectivity index (χ1n) is 7.66. The van der Waals surface area contributed by atoms with E-state index in [2.05, 4.69) is 62.6 Å². The first-order chi connectivity index (χ1) is 10.0. The molecule has 0 saturated carbocycles. The Labute approximate surface area is 127 Å². The molecule has 0 bridgehead atoms. The molecule has 1 heterocycles. The highest BCUT2D eigenvalue weighted by molar-refractivity contribution is 5.41. The molecule has 1 saturated heterocycles. The van der Waals surface area contributed by atoms with Crippen molar-refractivity contribution in [2.45, 2.75) is 17.9 Å². The van der Waals surface area contributed by atoms with Crippen LogP contribution in [0.3, 0.4) is 0 Å². The van der Waals surface area contributed by atoms with Gasteiger partial charge in [0.15, 0.2) is 0 Å². The molecule has 2 aromatic rings. The maximum Gasteiger partial charge on any atom is 0.117 e. The molecule has 0 aliphatic carbocycles. The zero-order valence-electron chi connectivity index (χ0n) is 12.9. The van der Waals surface area contributed by atoms with Crippen molar-refractivity contribution in [3.05, 3.63) is 71.8 Å². The molecule has 1 aliphatic heterocycles. The minimum Gasteiger partial charge on any atom is -0.386 e. The normalized spacial score (nSPS) is 23.7. The summed E-state index contributed by atoms with van der Waals surface area (Å²) in [5, 5.41) is 11.0. The molecule has 1 aliphatic rings. The smallest absolute Gasteiger partial charge is 0.117 e. The first-order valence-corrected chi connectivity index (χ1v) is 7.66. The van der Waals surface area contributed by atoms with Crippen LogP contribution in [0.15, 0.2) is 60.7 Å². The van der Waals surface area contributed by atoms with Crippen LogP contribution < -0.4 is 0 Å². The number of hydrogen-bond donors (Lipinski definition) is 1. The Hall–Kier alpha value is -1.64. The average molecular weight is 282 g/mol. The molecule has 0 spiro atoms. The van der Waals surface area contributed by atoms with Crippen molar-refractivity contribution in [1.82, 2.24) is 0 Å². The summed E-state index contributed by atoms with van der Waals surface area (Å²) in [6, 6.07) is 21.0. The van der Waals surface area contributed by atoms with Crippen LogP contribution in [0.4, 0.5) is 0 Å². The molecular formula is C19H24NO+. The van der Waals surface area contributed by atoms with Crippen LogP contribution in [0.1, 0.15) is 17.5 Å². The van der Waals surface area contributed by atoms with Gasteiger partial charge in [-0.15, -0.1) is 0 Å². The summed E-state index contributed by atoms with van der Waals surface area (Å²) in [4.78, 5) is 0. The number of likely N-dealkylation sites (N-methyl/N-ethyl adjacent to an activating group) is 1. The van der Waals surface area contributed by atoms with Crippen molar-refractivity contribution in [1.29, 1.82) is 0 Å². The second-order valence-electron chi connectivity index (χ2n) is 6.81. The van der Waals surface area contributed by atoms with Gasteiger partial charge in [0.05, 0.1) is 26.1 Å². The molecule has 3 rings (SSSR count). The predicted octanol–water partition coefficient (Wildman–Crippen LogP) is 2.81. The number of nitrogens with zero attached hydrogens (tertiary/aromatic N) is 1. The highest BCUT2D eigenvalue weighted by Gasteiger charge is 2.48. The first kappa shape index (κ1) is 14.3. The van der Waals surface area contributed by atoms with Gasteiger partial charge in [0, 0.05) is 6.42 Å². The summed E-state index contributed by atoms with van der Waals surface area (Å²) in [5.74, 6) is 0. The van der Waals surface area contributed by atoms with E-state index in [9.17, 15) is 5.11 Å². The van der Waals surface area contributed by atoms with E-state index in [-0.39, 0.29) is 11.5 Å². The Bertz CT molecular complexity index is 552. The van der Waals surface area contributed by atoms with Crippen LogP contribution in [0.25, 0.3) is 0 Å². The molecule has 2 heteroatoms. The lowest BCUT2D eigenvalue weighted by molar-refractivity contribution is -0.900. The molecule has 1 fully saturated rings. The van der Waals surface area contributed by atoms with Gasteiger partial charge in [-0.2, -0.15) is 0 Å². The Balaban J connectivity index is 2.13. The molecule has 1 N–H and O–H groups in total. The summed E-state index contributed by atoms with van der Waals surface area (Å²) in [6.45, 7) is 1.85. The minimum atomic E-state index is -0.369. The maximum absolute atomic E-state index is 11.0. The van der Waals surface area contributed by atoms with Gasteiger partial charge in [-0.1, -0.05) is 60.7 Å². The molecule has 21 heavy (non-hydrogen) atoms. The fraction of sp³-hybridized carbons (Fsp3) is 0.368. The third-order valence-electron chi connectivity index (χ3n) is 4.93. The number of hydrogen-bond acceptors (Lipinski definition) is 1. The van der Waals surface area contributed by atoms with Gasteiger partial charge < -0.3 is 9.59 Å². The van der Waals surface area contributed by atoms with E-state index < -0.39 is 0 Å². The Morgan fingerprint density at radius 2 is 1.38 bits per heavy atom. The third kappa shape index (κ3) is 2.50. The molecule has 0 aromatic heterocycles. The molecule has 2 nitrogen and oxygen atoms in total. The number of rotatable bonds is 2. The minimum absolute atomic E-state index is 0.281. The molecular weight excluding hydrogens is 258 g/mol. The summed E-state index contributed by atoms with van der Waals surface area (Å²) < 4.78 is 0.878. The van der Waals surface area contributed by atoms with Crippen molar-refractivity contribution in [2.24, 2.45) is 0 Å². The molecule has 0 unspecified atom stereocenters. The average Bonchev–Trinajstić information content (AvgIpc) is 2.49. The maximum atomic E-state index is 11.0. The Morgan fingerprint density at radius 3 is 1.81 bits per heavy atom. The zero-order valence-corrected chi connectivity index (χ0v) is 12.9. The highest BCUT2D eigenvalue weighted by Crippen LogP contribution is 2.42. The summed E-state index contributed by atoms with van der Waals surface area (Å²) in [7, 11) is 4.40. The van der Waals surface area contributed by atoms with Crippen molar-refractivity contribution in [3.63, 3.8) is 0 Å². The van der Waals surface area contributed by atoms with E-state index in [0.29, 0.717) is 0 Å². The number of piperidine rings is 1. The Morgan fingerprint density at radius 1 is 0.905 bits per heavy atom. The van der Waals surface area contributed by atoms with Gasteiger partial charge in [0.25, 0.3) is 0 Å². The highest BCUT2D eigenvalue weighted by atomic mass is 16.3. The van der Waals surface area contributed by atoms with Crippen LogP contribution in [-0.4, -0.2) is 42.9 Å². The van der Waals surface area contributed by atoms with Gasteiger partial charge in [-0.05, 0) is 11.1 Å². The number of likely N-dealkylation sites (tertiary alicyclic amines) is 1. The number of aliphatic hydroxyl groups excluding tert-OH is 1. The lowest BCUT2D eigenvalue weighted by Crippen LogP contribution is -2.60. The standard InChI is InChI=1S/C19H24NO/c1-20(2)14-13-19(18(21)15-20,16-9-5-3-6-10-16)17-11-7-4-8-12-17/h3-12,18,21H,13-15H2,1-2H3/q+1/t18-/m1/s1. The monoisotopic (exact) mass is 282 g/mol. The van der Waals surface area contributed by atoms with E-state index in [1.54, 1.807) is 0 Å². The fourth-order valence-corrected chi connectivity index (χ4v) is 3.67. The molecule has 110 valence electrons. The number of aliphatic hydroxyl groups is 1. The zero-order chi connectivity index (χ0) is 14.9. The molecule has 0 radical (unpaired) electrons. The topological polar surface area (TPSA) is 20.2 Å². The van der Waals surface area contributed by atoms with Gasteiger partial charge in [-0.25, -0.2) is 0 Å². The number of benzene rings is 2. The van der Waals surface area contributed by atoms with Crippen molar-refractivity contribution in [2.75, 3.05) is 27.2 Å². The van der Waals surface area contributed by atoms with Gasteiger partial charge in [0.2, 0.25) is 0 Å². The number of quaternary nitrogens is 1. The van der Waals surface area contributed by atoms with E-state index in [1.807, 2.05) is 12.1 Å². The Kier molecular flexibility index (Phi) is 3.60. The lowest BCUT2D eigenvalue weighted by Gasteiger charge is -2.48. The molecule has 1 atom stereocenters. The summed E-state index contributed by atoms with van der Waals surface area (Å²) in [6.07, 6.45) is 0.598. The second kappa shape index (κ2) is 5.28. The van der Waals surface area contributed by atoms with Crippen LogP contribution in [0.5, 0.6) is 0 Å². The van der Waals surface area contributed by atoms with E-state index in [1.165, 1.54) is 11.1 Å². The second-order valence-corrected chi connectivity index (χ2v) is 6.81. The van der Waals surface area contributed by atoms with Crippen LogP contribution >= 0.6 is 0 Å². The van der Waals surface area contributed by atoms with E-state index in [0.717, 1.165) is 24.0 Å². The largest absolute Gasteiger partial charge is 0.386 e. The van der Waals surface area contributed by atoms with Crippen LogP contribution in [0, 0.1) is 0 Å². The summed E-state index contributed by atoms with van der Waals surface area (Å²) in [5.41, 5.74) is 2.17. The van der Waals surface area contributed by atoms with E-state index in [4.69, 9.17) is 0 Å². The van der Waals surface area contributed by atoms with Crippen molar-refractivity contribution in [3.8, 4) is 0 Å². The van der Waals surface area contributed by atoms with Crippen molar-refractivity contribution < 1.29 is 9.59 Å².